The summed E-state index contributed by atoms with van der Waals surface area (Å²) in [7, 11) is 0. The lowest BCUT2D eigenvalue weighted by atomic mass is 10.1. The standard InChI is InChI=1S/C8H14N4S/c1-2-6-3-4-12(5-6)8-10-7(9)11-13-8/h6H,2-5H2,1H3,(H2,9,11). The smallest absolute Gasteiger partial charge is 0.233 e. The Kier molecular flexibility index (Phi) is 2.35. The Labute approximate surface area is 81.9 Å². The first kappa shape index (κ1) is 8.74. The van der Waals surface area contributed by atoms with Gasteiger partial charge in [-0.15, -0.1) is 0 Å². The minimum absolute atomic E-state index is 0.403. The van der Waals surface area contributed by atoms with Crippen LogP contribution in [-0.4, -0.2) is 22.4 Å². The maximum absolute atomic E-state index is 5.47. The first-order valence-corrected chi connectivity index (χ1v) is 5.41. The topological polar surface area (TPSA) is 55.0 Å². The Bertz CT molecular complexity index is 285. The molecule has 0 saturated carbocycles. The van der Waals surface area contributed by atoms with E-state index in [0.29, 0.717) is 5.95 Å². The van der Waals surface area contributed by atoms with E-state index < -0.39 is 0 Å². The number of hydrogen-bond acceptors (Lipinski definition) is 5. The van der Waals surface area contributed by atoms with Crippen molar-refractivity contribution in [2.45, 2.75) is 19.8 Å². The van der Waals surface area contributed by atoms with Crippen LogP contribution in [0.1, 0.15) is 19.8 Å². The molecule has 0 radical (unpaired) electrons. The summed E-state index contributed by atoms with van der Waals surface area (Å²) in [5.74, 6) is 1.23. The summed E-state index contributed by atoms with van der Waals surface area (Å²) in [5, 5.41) is 0.980. The molecule has 1 aliphatic rings. The molecule has 72 valence electrons. The van der Waals surface area contributed by atoms with Crippen LogP contribution in [0, 0.1) is 5.92 Å². The van der Waals surface area contributed by atoms with Crippen LogP contribution in [0.5, 0.6) is 0 Å². The Morgan fingerprint density at radius 3 is 3.08 bits per heavy atom. The number of hydrogen-bond donors (Lipinski definition) is 1. The molecule has 1 atom stereocenters. The summed E-state index contributed by atoms with van der Waals surface area (Å²) >= 11 is 1.40. The number of nitrogens with zero attached hydrogens (tertiary/aromatic N) is 3. The second kappa shape index (κ2) is 3.49. The van der Waals surface area contributed by atoms with Crippen LogP contribution in [-0.2, 0) is 0 Å². The van der Waals surface area contributed by atoms with E-state index in [9.17, 15) is 0 Å². The number of nitrogens with two attached hydrogens (primary N) is 1. The molecule has 1 unspecified atom stereocenters. The molecule has 0 aromatic carbocycles. The van der Waals surface area contributed by atoms with Crippen molar-refractivity contribution in [2.75, 3.05) is 23.7 Å². The van der Waals surface area contributed by atoms with Gasteiger partial charge in [0.2, 0.25) is 11.1 Å². The zero-order valence-corrected chi connectivity index (χ0v) is 8.55. The van der Waals surface area contributed by atoms with Gasteiger partial charge in [-0.1, -0.05) is 13.3 Å². The van der Waals surface area contributed by atoms with E-state index in [-0.39, 0.29) is 0 Å². The summed E-state index contributed by atoms with van der Waals surface area (Å²) in [6, 6.07) is 0. The van der Waals surface area contributed by atoms with Crippen LogP contribution in [0.15, 0.2) is 0 Å². The lowest BCUT2D eigenvalue weighted by Gasteiger charge is -2.12. The normalized spacial score (nSPS) is 22.5. The highest BCUT2D eigenvalue weighted by atomic mass is 32.1. The van der Waals surface area contributed by atoms with Crippen molar-refractivity contribution in [2.24, 2.45) is 5.92 Å². The Hall–Kier alpha value is -0.840. The first-order valence-electron chi connectivity index (χ1n) is 4.63. The minimum Gasteiger partial charge on any atom is -0.367 e. The van der Waals surface area contributed by atoms with Crippen LogP contribution in [0.4, 0.5) is 11.1 Å². The second-order valence-corrected chi connectivity index (χ2v) is 4.17. The molecule has 0 amide bonds. The zero-order valence-electron chi connectivity index (χ0n) is 7.73. The van der Waals surface area contributed by atoms with E-state index in [0.717, 1.165) is 24.1 Å². The van der Waals surface area contributed by atoms with Crippen molar-refractivity contribution >= 4 is 22.6 Å². The Morgan fingerprint density at radius 1 is 1.69 bits per heavy atom. The molecule has 0 spiro atoms. The van der Waals surface area contributed by atoms with E-state index in [1.54, 1.807) is 0 Å². The fourth-order valence-electron chi connectivity index (χ4n) is 1.69. The van der Waals surface area contributed by atoms with Gasteiger partial charge in [0.05, 0.1) is 0 Å². The third-order valence-corrected chi connectivity index (χ3v) is 3.36. The van der Waals surface area contributed by atoms with Gasteiger partial charge in [0, 0.05) is 24.6 Å². The summed E-state index contributed by atoms with van der Waals surface area (Å²) in [6.45, 7) is 4.46. The molecule has 1 fully saturated rings. The Balaban J connectivity index is 2.03. The molecule has 5 heteroatoms. The molecule has 4 nitrogen and oxygen atoms in total. The third kappa shape index (κ3) is 1.75. The van der Waals surface area contributed by atoms with E-state index in [1.165, 1.54) is 24.4 Å². The molecular formula is C8H14N4S. The van der Waals surface area contributed by atoms with Crippen molar-refractivity contribution in [3.63, 3.8) is 0 Å². The van der Waals surface area contributed by atoms with Crippen LogP contribution < -0.4 is 10.6 Å². The van der Waals surface area contributed by atoms with E-state index in [4.69, 9.17) is 5.73 Å². The van der Waals surface area contributed by atoms with Crippen LogP contribution in [0.25, 0.3) is 0 Å². The van der Waals surface area contributed by atoms with Gasteiger partial charge < -0.3 is 10.6 Å². The van der Waals surface area contributed by atoms with Crippen LogP contribution >= 0.6 is 11.5 Å². The minimum atomic E-state index is 0.403. The second-order valence-electron chi connectivity index (χ2n) is 3.44. The molecule has 0 bridgehead atoms. The van der Waals surface area contributed by atoms with E-state index in [1.807, 2.05) is 0 Å². The fraction of sp³-hybridized carbons (Fsp3) is 0.750. The molecule has 2 heterocycles. The molecule has 1 aromatic heterocycles. The van der Waals surface area contributed by atoms with Gasteiger partial charge >= 0.3 is 0 Å². The van der Waals surface area contributed by atoms with Gasteiger partial charge in [0.25, 0.3) is 0 Å². The average Bonchev–Trinajstić information content (AvgIpc) is 2.71. The van der Waals surface area contributed by atoms with Crippen molar-refractivity contribution in [1.82, 2.24) is 9.36 Å². The van der Waals surface area contributed by atoms with Crippen molar-refractivity contribution in [1.29, 1.82) is 0 Å². The number of rotatable bonds is 2. The lowest BCUT2D eigenvalue weighted by molar-refractivity contribution is 0.569. The largest absolute Gasteiger partial charge is 0.367 e. The predicted octanol–water partition coefficient (Wildman–Crippen LogP) is 1.36. The average molecular weight is 198 g/mol. The summed E-state index contributed by atoms with van der Waals surface area (Å²) in [6.07, 6.45) is 2.53. The van der Waals surface area contributed by atoms with Crippen LogP contribution in [0.2, 0.25) is 0 Å². The van der Waals surface area contributed by atoms with Gasteiger partial charge in [0.15, 0.2) is 0 Å². The number of nitrogen functional groups attached to an aromatic ring is 1. The lowest BCUT2D eigenvalue weighted by Crippen LogP contribution is -2.19. The number of aromatic nitrogens is 2. The SMILES string of the molecule is CCC1CCN(c2nc(N)ns2)C1. The Morgan fingerprint density at radius 2 is 2.54 bits per heavy atom. The molecule has 1 aromatic rings. The number of anilines is 2. The summed E-state index contributed by atoms with van der Waals surface area (Å²) in [5.41, 5.74) is 5.47. The van der Waals surface area contributed by atoms with Crippen molar-refractivity contribution < 1.29 is 0 Å². The molecule has 13 heavy (non-hydrogen) atoms. The van der Waals surface area contributed by atoms with Crippen LogP contribution in [0.3, 0.4) is 0 Å². The molecule has 2 rings (SSSR count). The molecular weight excluding hydrogens is 184 g/mol. The molecule has 1 saturated heterocycles. The van der Waals surface area contributed by atoms with E-state index >= 15 is 0 Å². The zero-order chi connectivity index (χ0) is 9.26. The van der Waals surface area contributed by atoms with Gasteiger partial charge in [-0.25, -0.2) is 0 Å². The highest BCUT2D eigenvalue weighted by Crippen LogP contribution is 2.26. The summed E-state index contributed by atoms with van der Waals surface area (Å²) < 4.78 is 3.98. The van der Waals surface area contributed by atoms with Gasteiger partial charge in [-0.2, -0.15) is 9.36 Å². The maximum Gasteiger partial charge on any atom is 0.233 e. The molecule has 2 N–H and O–H groups in total. The van der Waals surface area contributed by atoms with E-state index in [2.05, 4.69) is 21.2 Å². The third-order valence-electron chi connectivity index (χ3n) is 2.56. The highest BCUT2D eigenvalue weighted by molar-refractivity contribution is 7.09. The predicted molar refractivity (Wildman–Crippen MR) is 54.9 cm³/mol. The maximum atomic E-state index is 5.47. The quantitative estimate of drug-likeness (QED) is 0.779. The fourth-order valence-corrected chi connectivity index (χ4v) is 2.33. The molecule has 0 aliphatic carbocycles. The molecule has 1 aliphatic heterocycles. The van der Waals surface area contributed by atoms with Crippen molar-refractivity contribution in [3.8, 4) is 0 Å². The van der Waals surface area contributed by atoms with Gasteiger partial charge in [-0.3, -0.25) is 0 Å². The first-order chi connectivity index (χ1) is 6.29. The van der Waals surface area contributed by atoms with Gasteiger partial charge in [0.1, 0.15) is 0 Å². The van der Waals surface area contributed by atoms with Gasteiger partial charge in [-0.05, 0) is 12.3 Å². The monoisotopic (exact) mass is 198 g/mol. The highest BCUT2D eigenvalue weighted by Gasteiger charge is 2.23. The summed E-state index contributed by atoms with van der Waals surface area (Å²) in [4.78, 5) is 6.45. The van der Waals surface area contributed by atoms with Crippen molar-refractivity contribution in [3.05, 3.63) is 0 Å².